The Balaban J connectivity index is 0.00000324. The highest BCUT2D eigenvalue weighted by Gasteiger charge is 2.21. The largest absolute Gasteiger partial charge is 0.355 e. The van der Waals surface area contributed by atoms with Crippen LogP contribution in [0.1, 0.15) is 25.8 Å². The second-order valence-electron chi connectivity index (χ2n) is 5.02. The van der Waals surface area contributed by atoms with Gasteiger partial charge < -0.3 is 10.6 Å². The van der Waals surface area contributed by atoms with E-state index in [9.17, 15) is 9.18 Å². The van der Waals surface area contributed by atoms with Crippen LogP contribution in [0.2, 0.25) is 0 Å². The Morgan fingerprint density at radius 1 is 1.26 bits per heavy atom. The predicted molar refractivity (Wildman–Crippen MR) is 78.2 cm³/mol. The number of carbonyl (C=O) groups excluding carboxylic acids is 1. The first-order valence-electron chi connectivity index (χ1n) is 6.13. The second kappa shape index (κ2) is 8.12. The lowest BCUT2D eigenvalue weighted by Crippen LogP contribution is -2.37. The number of nitrogens with one attached hydrogen (secondary N) is 2. The molecule has 19 heavy (non-hydrogen) atoms. The molecule has 0 saturated carbocycles. The van der Waals surface area contributed by atoms with E-state index in [1.165, 1.54) is 12.1 Å². The molecule has 0 unspecified atom stereocenters. The quantitative estimate of drug-likeness (QED) is 0.843. The number of hydrogen-bond acceptors (Lipinski definition) is 2. The van der Waals surface area contributed by atoms with Crippen LogP contribution in [0.15, 0.2) is 24.3 Å². The van der Waals surface area contributed by atoms with E-state index in [0.717, 1.165) is 5.56 Å². The molecule has 0 fully saturated rings. The molecule has 1 aromatic carbocycles. The lowest BCUT2D eigenvalue weighted by molar-refractivity contribution is -0.121. The SMILES string of the molecule is CNCCC(=O)NCC(C)(C)c1ccc(F)cc1.Cl. The standard InChI is InChI=1S/C14H21FN2O.ClH/c1-14(2,10-17-13(18)8-9-16-3)11-4-6-12(15)7-5-11;/h4-7,16H,8-10H2,1-3H3,(H,17,18);1H. The van der Waals surface area contributed by atoms with E-state index in [4.69, 9.17) is 0 Å². The number of hydrogen-bond donors (Lipinski definition) is 2. The molecule has 0 aliphatic carbocycles. The molecule has 0 heterocycles. The Morgan fingerprint density at radius 3 is 2.37 bits per heavy atom. The molecule has 108 valence electrons. The fourth-order valence-electron chi connectivity index (χ4n) is 1.65. The maximum atomic E-state index is 12.9. The normalized spacial score (nSPS) is 10.7. The molecular formula is C14H22ClFN2O. The second-order valence-corrected chi connectivity index (χ2v) is 5.02. The molecule has 0 aliphatic heterocycles. The van der Waals surface area contributed by atoms with E-state index in [-0.39, 0.29) is 29.5 Å². The Kier molecular flexibility index (Phi) is 7.64. The van der Waals surface area contributed by atoms with E-state index in [0.29, 0.717) is 19.5 Å². The highest BCUT2D eigenvalue weighted by atomic mass is 35.5. The van der Waals surface area contributed by atoms with Gasteiger partial charge in [-0.05, 0) is 24.7 Å². The smallest absolute Gasteiger partial charge is 0.221 e. The topological polar surface area (TPSA) is 41.1 Å². The Bertz CT molecular complexity index is 393. The molecule has 3 nitrogen and oxygen atoms in total. The van der Waals surface area contributed by atoms with Gasteiger partial charge in [0.2, 0.25) is 5.91 Å². The molecule has 5 heteroatoms. The number of benzene rings is 1. The van der Waals surface area contributed by atoms with Crippen molar-refractivity contribution >= 4 is 18.3 Å². The molecular weight excluding hydrogens is 267 g/mol. The zero-order valence-corrected chi connectivity index (χ0v) is 12.4. The van der Waals surface area contributed by atoms with Crippen LogP contribution in [0.5, 0.6) is 0 Å². The van der Waals surface area contributed by atoms with Crippen LogP contribution in [-0.4, -0.2) is 26.0 Å². The molecule has 2 N–H and O–H groups in total. The van der Waals surface area contributed by atoms with Crippen molar-refractivity contribution in [2.75, 3.05) is 20.1 Å². The van der Waals surface area contributed by atoms with Crippen molar-refractivity contribution in [1.82, 2.24) is 10.6 Å². The van der Waals surface area contributed by atoms with Gasteiger partial charge in [-0.2, -0.15) is 0 Å². The molecule has 0 radical (unpaired) electrons. The first kappa shape index (κ1) is 17.9. The van der Waals surface area contributed by atoms with Crippen LogP contribution in [0, 0.1) is 5.82 Å². The fourth-order valence-corrected chi connectivity index (χ4v) is 1.65. The molecule has 0 aliphatic rings. The first-order chi connectivity index (χ1) is 8.45. The van der Waals surface area contributed by atoms with Crippen LogP contribution < -0.4 is 10.6 Å². The van der Waals surface area contributed by atoms with Gasteiger partial charge in [0.15, 0.2) is 0 Å². The zero-order valence-electron chi connectivity index (χ0n) is 11.6. The zero-order chi connectivity index (χ0) is 13.6. The van der Waals surface area contributed by atoms with Crippen molar-refractivity contribution in [3.8, 4) is 0 Å². The monoisotopic (exact) mass is 288 g/mol. The van der Waals surface area contributed by atoms with Crippen molar-refractivity contribution in [1.29, 1.82) is 0 Å². The summed E-state index contributed by atoms with van der Waals surface area (Å²) < 4.78 is 12.9. The van der Waals surface area contributed by atoms with Crippen molar-refractivity contribution in [2.45, 2.75) is 25.7 Å². The van der Waals surface area contributed by atoms with Crippen LogP contribution in [0.4, 0.5) is 4.39 Å². The third-order valence-corrected chi connectivity index (χ3v) is 2.96. The summed E-state index contributed by atoms with van der Waals surface area (Å²) >= 11 is 0. The summed E-state index contributed by atoms with van der Waals surface area (Å²) in [6, 6.07) is 6.41. The van der Waals surface area contributed by atoms with E-state index < -0.39 is 0 Å². The van der Waals surface area contributed by atoms with Crippen molar-refractivity contribution in [2.24, 2.45) is 0 Å². The first-order valence-corrected chi connectivity index (χ1v) is 6.13. The molecule has 0 bridgehead atoms. The van der Waals surface area contributed by atoms with Gasteiger partial charge in [0.25, 0.3) is 0 Å². The summed E-state index contributed by atoms with van der Waals surface area (Å²) in [5, 5.41) is 5.83. The highest BCUT2D eigenvalue weighted by molar-refractivity contribution is 5.85. The number of carbonyl (C=O) groups is 1. The summed E-state index contributed by atoms with van der Waals surface area (Å²) in [5.74, 6) is -0.216. The van der Waals surface area contributed by atoms with Gasteiger partial charge in [0.1, 0.15) is 5.82 Å². The Hall–Kier alpha value is -1.13. The number of halogens is 2. The minimum absolute atomic E-state index is 0. The van der Waals surface area contributed by atoms with Crippen LogP contribution in [0.25, 0.3) is 0 Å². The molecule has 0 aromatic heterocycles. The highest BCUT2D eigenvalue weighted by Crippen LogP contribution is 2.22. The van der Waals surface area contributed by atoms with E-state index in [2.05, 4.69) is 10.6 Å². The third kappa shape index (κ3) is 6.03. The molecule has 0 saturated heterocycles. The molecule has 1 aromatic rings. The number of amides is 1. The van der Waals surface area contributed by atoms with Gasteiger partial charge in [0, 0.05) is 24.9 Å². The maximum Gasteiger partial charge on any atom is 0.221 e. The Labute approximate surface area is 120 Å². The van der Waals surface area contributed by atoms with Crippen LogP contribution >= 0.6 is 12.4 Å². The minimum atomic E-state index is -0.243. The van der Waals surface area contributed by atoms with Gasteiger partial charge in [0.05, 0.1) is 0 Å². The molecule has 0 spiro atoms. The van der Waals surface area contributed by atoms with Gasteiger partial charge >= 0.3 is 0 Å². The maximum absolute atomic E-state index is 12.9. The fraction of sp³-hybridized carbons (Fsp3) is 0.500. The third-order valence-electron chi connectivity index (χ3n) is 2.96. The predicted octanol–water partition coefficient (Wildman–Crippen LogP) is 2.25. The van der Waals surface area contributed by atoms with Crippen molar-refractivity contribution in [3.05, 3.63) is 35.6 Å². The summed E-state index contributed by atoms with van der Waals surface area (Å²) in [6.45, 7) is 5.27. The Morgan fingerprint density at radius 2 is 1.84 bits per heavy atom. The van der Waals surface area contributed by atoms with Crippen LogP contribution in [-0.2, 0) is 10.2 Å². The number of rotatable bonds is 6. The van der Waals surface area contributed by atoms with Gasteiger partial charge in [-0.15, -0.1) is 12.4 Å². The molecule has 1 rings (SSSR count). The average Bonchev–Trinajstić information content (AvgIpc) is 2.34. The van der Waals surface area contributed by atoms with Gasteiger partial charge in [-0.3, -0.25) is 4.79 Å². The molecule has 1 amide bonds. The minimum Gasteiger partial charge on any atom is -0.355 e. The van der Waals surface area contributed by atoms with Gasteiger partial charge in [-0.1, -0.05) is 26.0 Å². The summed E-state index contributed by atoms with van der Waals surface area (Å²) in [5.41, 5.74) is 0.807. The van der Waals surface area contributed by atoms with Gasteiger partial charge in [-0.25, -0.2) is 4.39 Å². The van der Waals surface area contributed by atoms with E-state index >= 15 is 0 Å². The lowest BCUT2D eigenvalue weighted by atomic mass is 9.84. The summed E-state index contributed by atoms with van der Waals surface area (Å²) in [4.78, 5) is 11.5. The van der Waals surface area contributed by atoms with Crippen molar-refractivity contribution < 1.29 is 9.18 Å². The lowest BCUT2D eigenvalue weighted by Gasteiger charge is -2.25. The summed E-state index contributed by atoms with van der Waals surface area (Å²) in [7, 11) is 1.82. The van der Waals surface area contributed by atoms with E-state index in [1.54, 1.807) is 12.1 Å². The van der Waals surface area contributed by atoms with E-state index in [1.807, 2.05) is 20.9 Å². The van der Waals surface area contributed by atoms with Crippen molar-refractivity contribution in [3.63, 3.8) is 0 Å². The van der Waals surface area contributed by atoms with Crippen LogP contribution in [0.3, 0.4) is 0 Å². The molecule has 0 atom stereocenters. The summed E-state index contributed by atoms with van der Waals surface area (Å²) in [6.07, 6.45) is 0.468. The average molecular weight is 289 g/mol.